The summed E-state index contributed by atoms with van der Waals surface area (Å²) in [6.45, 7) is -0.652. The number of Topliss-reactive ketones (excluding diaryl/α,β-unsaturated/α-hetero) is 1. The number of furan rings is 1. The van der Waals surface area contributed by atoms with E-state index in [0.29, 0.717) is 30.8 Å². The molecule has 0 aliphatic rings. The van der Waals surface area contributed by atoms with E-state index in [0.717, 1.165) is 35.1 Å². The average molecular weight is 513 g/mol. The topological polar surface area (TPSA) is 80.0 Å². The van der Waals surface area contributed by atoms with E-state index >= 15 is 0 Å². The van der Waals surface area contributed by atoms with Crippen LogP contribution in [0.1, 0.15) is 48.5 Å². The summed E-state index contributed by atoms with van der Waals surface area (Å²) >= 11 is 0. The van der Waals surface area contributed by atoms with Crippen molar-refractivity contribution in [2.75, 3.05) is 13.2 Å². The first-order valence-electron chi connectivity index (χ1n) is 13.4. The number of nitrogens with zero attached hydrogens (tertiary/aromatic N) is 1. The van der Waals surface area contributed by atoms with Gasteiger partial charge in [-0.05, 0) is 54.7 Å². The minimum absolute atomic E-state index is 0.148. The molecule has 0 aliphatic heterocycles. The van der Waals surface area contributed by atoms with E-state index < -0.39 is 13.1 Å². The lowest BCUT2D eigenvalue weighted by Gasteiger charge is -2.24. The Morgan fingerprint density at radius 3 is 2.37 bits per heavy atom. The van der Waals surface area contributed by atoms with E-state index in [1.807, 2.05) is 72.8 Å². The standard InChI is InChI=1S/C32H33NO5/c34-23-30(35)12-5-2-8-19-38-31-13-7-6-11-28(31)22-33(21-25-9-3-1-4-10-25)32(36)27-16-14-26(15-17-27)29-18-20-37-24-29/h1,3-4,6-7,9-11,13-18,20,24,34H,2,5,8,12,19,21-23H2/i21D. The molecule has 6 heteroatoms. The molecule has 1 heterocycles. The number of ketones is 1. The Kier molecular flexibility index (Phi) is 9.36. The van der Waals surface area contributed by atoms with E-state index in [1.54, 1.807) is 29.6 Å². The summed E-state index contributed by atoms with van der Waals surface area (Å²) in [5, 5.41) is 8.84. The van der Waals surface area contributed by atoms with Crippen LogP contribution in [0.4, 0.5) is 0 Å². The van der Waals surface area contributed by atoms with Crippen molar-refractivity contribution in [2.45, 2.75) is 38.7 Å². The summed E-state index contributed by atoms with van der Waals surface area (Å²) in [4.78, 5) is 26.6. The van der Waals surface area contributed by atoms with Gasteiger partial charge in [-0.2, -0.15) is 0 Å². The molecular formula is C32H33NO5. The minimum atomic E-state index is -0.913. The predicted molar refractivity (Wildman–Crippen MR) is 147 cm³/mol. The molecule has 1 atom stereocenters. The fraction of sp³-hybridized carbons (Fsp3) is 0.250. The Balaban J connectivity index is 1.50. The van der Waals surface area contributed by atoms with Gasteiger partial charge in [-0.1, -0.05) is 60.7 Å². The number of hydrogen-bond donors (Lipinski definition) is 1. The number of amides is 1. The fourth-order valence-corrected chi connectivity index (χ4v) is 4.12. The van der Waals surface area contributed by atoms with Gasteiger partial charge in [0.05, 0.1) is 20.5 Å². The number of ether oxygens (including phenoxy) is 1. The predicted octanol–water partition coefficient (Wildman–Crippen LogP) is 6.29. The van der Waals surface area contributed by atoms with Gasteiger partial charge in [0.15, 0.2) is 5.78 Å². The second kappa shape index (κ2) is 14.0. The smallest absolute Gasteiger partial charge is 0.254 e. The average Bonchev–Trinajstić information content (AvgIpc) is 3.53. The van der Waals surface area contributed by atoms with Gasteiger partial charge in [0.25, 0.3) is 5.91 Å². The van der Waals surface area contributed by atoms with Gasteiger partial charge in [0.2, 0.25) is 0 Å². The SMILES string of the molecule is [2H]C(c1ccccc1)N(Cc1ccccc1OCCCCCC(=O)CO)C(=O)c1ccc(-c2ccoc2)cc1. The fourth-order valence-electron chi connectivity index (χ4n) is 4.12. The maximum Gasteiger partial charge on any atom is 0.254 e. The first-order valence-corrected chi connectivity index (χ1v) is 12.8. The Hall–Kier alpha value is -4.16. The van der Waals surface area contributed by atoms with Gasteiger partial charge < -0.3 is 19.2 Å². The van der Waals surface area contributed by atoms with Gasteiger partial charge in [0, 0.05) is 36.2 Å². The summed E-state index contributed by atoms with van der Waals surface area (Å²) in [6, 6.07) is 26.1. The molecule has 3 aromatic carbocycles. The van der Waals surface area contributed by atoms with Gasteiger partial charge in [-0.15, -0.1) is 0 Å². The molecule has 196 valence electrons. The van der Waals surface area contributed by atoms with Gasteiger partial charge in [-0.3, -0.25) is 9.59 Å². The lowest BCUT2D eigenvalue weighted by molar-refractivity contribution is -0.121. The quantitative estimate of drug-likeness (QED) is 0.201. The summed E-state index contributed by atoms with van der Waals surface area (Å²) in [7, 11) is 0. The molecule has 1 aromatic heterocycles. The maximum absolute atomic E-state index is 13.8. The molecule has 0 fully saturated rings. The van der Waals surface area contributed by atoms with Crippen LogP contribution in [0.15, 0.2) is 102 Å². The van der Waals surface area contributed by atoms with Crippen LogP contribution in [0, 0.1) is 0 Å². The Morgan fingerprint density at radius 1 is 0.868 bits per heavy atom. The summed E-state index contributed by atoms with van der Waals surface area (Å²) < 4.78 is 20.2. The van der Waals surface area contributed by atoms with Crippen LogP contribution < -0.4 is 4.74 Å². The van der Waals surface area contributed by atoms with Crippen LogP contribution in [-0.4, -0.2) is 34.9 Å². The zero-order chi connectivity index (χ0) is 27.5. The van der Waals surface area contributed by atoms with Crippen molar-refractivity contribution in [3.8, 4) is 16.9 Å². The lowest BCUT2D eigenvalue weighted by atomic mass is 10.1. The van der Waals surface area contributed by atoms with E-state index in [9.17, 15) is 9.59 Å². The lowest BCUT2D eigenvalue weighted by Crippen LogP contribution is -2.30. The second-order valence-corrected chi connectivity index (χ2v) is 9.03. The largest absolute Gasteiger partial charge is 0.493 e. The zero-order valence-electron chi connectivity index (χ0n) is 22.3. The normalized spacial score (nSPS) is 12.0. The number of unbranched alkanes of at least 4 members (excludes halogenated alkanes) is 2. The molecule has 0 spiro atoms. The summed E-state index contributed by atoms with van der Waals surface area (Å²) in [5.74, 6) is 0.267. The second-order valence-electron chi connectivity index (χ2n) is 9.03. The third-order valence-corrected chi connectivity index (χ3v) is 6.20. The summed E-state index contributed by atoms with van der Waals surface area (Å²) in [6.07, 6.45) is 5.93. The highest BCUT2D eigenvalue weighted by Gasteiger charge is 2.19. The molecule has 0 bridgehead atoms. The van der Waals surface area contributed by atoms with Crippen LogP contribution >= 0.6 is 0 Å². The first-order chi connectivity index (χ1) is 19.1. The molecular weight excluding hydrogens is 478 g/mol. The summed E-state index contributed by atoms with van der Waals surface area (Å²) in [5.41, 5.74) is 3.89. The van der Waals surface area contributed by atoms with Gasteiger partial charge in [-0.25, -0.2) is 0 Å². The molecule has 0 saturated carbocycles. The number of benzene rings is 3. The van der Waals surface area contributed by atoms with Crippen molar-refractivity contribution < 1.29 is 25.2 Å². The molecule has 0 aliphatic carbocycles. The van der Waals surface area contributed by atoms with Crippen molar-refractivity contribution in [1.82, 2.24) is 4.90 Å². The number of rotatable bonds is 14. The van der Waals surface area contributed by atoms with Crippen molar-refractivity contribution >= 4 is 11.7 Å². The van der Waals surface area contributed by atoms with Crippen molar-refractivity contribution in [1.29, 1.82) is 0 Å². The van der Waals surface area contributed by atoms with Crippen LogP contribution in [0.5, 0.6) is 5.75 Å². The molecule has 1 N–H and O–H groups in total. The third kappa shape index (κ3) is 7.67. The number of carbonyl (C=O) groups is 2. The van der Waals surface area contributed by atoms with Crippen molar-refractivity contribution in [2.24, 2.45) is 0 Å². The molecule has 0 saturated heterocycles. The molecule has 4 aromatic rings. The zero-order valence-corrected chi connectivity index (χ0v) is 21.3. The van der Waals surface area contributed by atoms with Gasteiger partial charge in [0.1, 0.15) is 12.4 Å². The minimum Gasteiger partial charge on any atom is -0.493 e. The number of aliphatic hydroxyl groups is 1. The van der Waals surface area contributed by atoms with Crippen LogP contribution in [0.3, 0.4) is 0 Å². The van der Waals surface area contributed by atoms with Crippen LogP contribution in [0.25, 0.3) is 11.1 Å². The molecule has 38 heavy (non-hydrogen) atoms. The van der Waals surface area contributed by atoms with Gasteiger partial charge >= 0.3 is 0 Å². The van der Waals surface area contributed by atoms with E-state index in [4.69, 9.17) is 15.6 Å². The Labute approximate surface area is 224 Å². The van der Waals surface area contributed by atoms with E-state index in [-0.39, 0.29) is 18.2 Å². The number of carbonyl (C=O) groups excluding carboxylic acids is 2. The van der Waals surface area contributed by atoms with Crippen LogP contribution in [0.2, 0.25) is 0 Å². The number of aliphatic hydroxyl groups excluding tert-OH is 1. The van der Waals surface area contributed by atoms with E-state index in [2.05, 4.69) is 0 Å². The highest BCUT2D eigenvalue weighted by Crippen LogP contribution is 2.24. The monoisotopic (exact) mass is 512 g/mol. The first kappa shape index (κ1) is 25.5. The molecule has 4 rings (SSSR count). The molecule has 1 unspecified atom stereocenters. The third-order valence-electron chi connectivity index (χ3n) is 6.20. The highest BCUT2D eigenvalue weighted by molar-refractivity contribution is 5.94. The van der Waals surface area contributed by atoms with Crippen molar-refractivity contribution in [3.05, 3.63) is 114 Å². The van der Waals surface area contributed by atoms with E-state index in [1.165, 1.54) is 0 Å². The van der Waals surface area contributed by atoms with Crippen LogP contribution in [-0.2, 0) is 17.9 Å². The Morgan fingerprint density at radius 2 is 1.63 bits per heavy atom. The number of para-hydroxylation sites is 1. The maximum atomic E-state index is 13.8. The molecule has 1 amide bonds. The van der Waals surface area contributed by atoms with Crippen molar-refractivity contribution in [3.63, 3.8) is 0 Å². The number of hydrogen-bond acceptors (Lipinski definition) is 5. The molecule has 0 radical (unpaired) electrons. The Bertz CT molecular complexity index is 1320. The molecule has 6 nitrogen and oxygen atoms in total. The highest BCUT2D eigenvalue weighted by atomic mass is 16.5.